The Kier molecular flexibility index (Phi) is 8.84. The first-order chi connectivity index (χ1) is 21.8. The minimum absolute atomic E-state index is 0.156. The lowest BCUT2D eigenvalue weighted by molar-refractivity contribution is -0.146. The average Bonchev–Trinajstić information content (AvgIpc) is 3.39. The highest BCUT2D eigenvalue weighted by Crippen LogP contribution is 2.29. The summed E-state index contributed by atoms with van der Waals surface area (Å²) in [7, 11) is 2.89. The lowest BCUT2D eigenvalue weighted by Gasteiger charge is -2.34. The van der Waals surface area contributed by atoms with Crippen LogP contribution in [0.1, 0.15) is 58.6 Å². The molecule has 0 bridgehead atoms. The number of aromatic nitrogens is 4. The largest absolute Gasteiger partial charge is 0.467 e. The topological polar surface area (TPSA) is 142 Å². The van der Waals surface area contributed by atoms with Crippen LogP contribution in [0.25, 0.3) is 11.2 Å². The van der Waals surface area contributed by atoms with Gasteiger partial charge in [-0.25, -0.2) is 14.4 Å². The Morgan fingerprint density at radius 2 is 1.91 bits per heavy atom. The molecule has 2 aliphatic rings. The van der Waals surface area contributed by atoms with E-state index in [9.17, 15) is 19.2 Å². The molecular formula is C33H41N7O6. The third-order valence-electron chi connectivity index (χ3n) is 8.23. The van der Waals surface area contributed by atoms with E-state index in [0.717, 1.165) is 28.5 Å². The highest BCUT2D eigenvalue weighted by Gasteiger charge is 2.39. The number of rotatable bonds is 6. The normalized spacial score (nSPS) is 19.5. The fourth-order valence-electron chi connectivity index (χ4n) is 6.13. The monoisotopic (exact) mass is 631 g/mol. The lowest BCUT2D eigenvalue weighted by Crippen LogP contribution is -2.49. The molecule has 3 aromatic rings. The molecule has 0 saturated carbocycles. The molecule has 2 atom stereocenters. The van der Waals surface area contributed by atoms with Crippen molar-refractivity contribution in [3.8, 4) is 11.8 Å². The van der Waals surface area contributed by atoms with E-state index < -0.39 is 34.5 Å². The van der Waals surface area contributed by atoms with Crippen molar-refractivity contribution in [2.24, 2.45) is 12.0 Å². The number of imidazole rings is 1. The van der Waals surface area contributed by atoms with E-state index in [2.05, 4.69) is 17.2 Å². The van der Waals surface area contributed by atoms with Crippen molar-refractivity contribution in [1.29, 1.82) is 0 Å². The Balaban J connectivity index is 1.59. The second-order valence-corrected chi connectivity index (χ2v) is 12.9. The van der Waals surface area contributed by atoms with Crippen LogP contribution in [0.4, 0.5) is 10.7 Å². The molecule has 2 unspecified atom stereocenters. The van der Waals surface area contributed by atoms with Gasteiger partial charge in [0, 0.05) is 38.2 Å². The first-order valence-electron chi connectivity index (χ1n) is 15.4. The number of amides is 1. The number of aliphatic imine (C=N–C) groups is 1. The Morgan fingerprint density at radius 3 is 2.61 bits per heavy atom. The van der Waals surface area contributed by atoms with Gasteiger partial charge in [0.05, 0.1) is 25.9 Å². The van der Waals surface area contributed by atoms with Crippen molar-refractivity contribution in [3.63, 3.8) is 0 Å². The first kappa shape index (κ1) is 32.5. The summed E-state index contributed by atoms with van der Waals surface area (Å²) >= 11 is 0. The molecular weight excluding hydrogens is 590 g/mol. The van der Waals surface area contributed by atoms with Crippen molar-refractivity contribution in [1.82, 2.24) is 24.0 Å². The van der Waals surface area contributed by atoms with Gasteiger partial charge in [-0.3, -0.25) is 23.5 Å². The number of hydrogen-bond acceptors (Lipinski definition) is 9. The van der Waals surface area contributed by atoms with E-state index in [-0.39, 0.29) is 30.3 Å². The molecule has 5 rings (SSSR count). The number of anilines is 1. The minimum Gasteiger partial charge on any atom is -0.467 e. The number of alkyl carbamates (subject to hydrolysis) is 1. The summed E-state index contributed by atoms with van der Waals surface area (Å²) in [6, 6.07) is 7.30. The predicted molar refractivity (Wildman–Crippen MR) is 174 cm³/mol. The van der Waals surface area contributed by atoms with Gasteiger partial charge in [0.2, 0.25) is 5.95 Å². The zero-order chi connectivity index (χ0) is 33.4. The van der Waals surface area contributed by atoms with Gasteiger partial charge in [0.1, 0.15) is 5.60 Å². The smallest absolute Gasteiger partial charge is 0.407 e. The fraction of sp³-hybridized carbons (Fsp3) is 0.515. The van der Waals surface area contributed by atoms with Crippen LogP contribution in [0.2, 0.25) is 0 Å². The van der Waals surface area contributed by atoms with Crippen LogP contribution in [0, 0.1) is 11.8 Å². The molecule has 13 nitrogen and oxygen atoms in total. The summed E-state index contributed by atoms with van der Waals surface area (Å²) in [5.41, 5.74) is -0.420. The fourth-order valence-corrected chi connectivity index (χ4v) is 6.13. The molecule has 2 aromatic heterocycles. The maximum Gasteiger partial charge on any atom is 0.407 e. The van der Waals surface area contributed by atoms with Crippen LogP contribution < -0.4 is 21.5 Å². The summed E-state index contributed by atoms with van der Waals surface area (Å²) < 4.78 is 14.7. The molecule has 1 saturated heterocycles. The number of fused-ring (bicyclic) bond motifs is 2. The van der Waals surface area contributed by atoms with Gasteiger partial charge in [-0.15, -0.1) is 5.92 Å². The number of nitrogens with zero attached hydrogens (tertiary/aromatic N) is 6. The molecule has 0 aliphatic carbocycles. The van der Waals surface area contributed by atoms with E-state index in [4.69, 9.17) is 19.5 Å². The molecule has 244 valence electrons. The molecule has 1 amide bonds. The summed E-state index contributed by atoms with van der Waals surface area (Å²) in [4.78, 5) is 64.9. The standard InChI is InChI=1S/C33H41N7O6/c1-8-9-17-39-25-26(35-29(39)38-16-12-14-22(19-38)34-30(43)46-32(2,3)4)37(6)31(44)40(27(25)41)20-24-23-15-11-10-13-21(23)18-33(5,36-24)28(42)45-7/h10-11,13,15,22H,12,14,16-20H2,1-7H3,(H,34,43). The van der Waals surface area contributed by atoms with E-state index in [0.29, 0.717) is 31.2 Å². The number of aryl methyl sites for hydroxylation is 1. The second kappa shape index (κ2) is 12.5. The van der Waals surface area contributed by atoms with E-state index >= 15 is 0 Å². The molecule has 0 radical (unpaired) electrons. The van der Waals surface area contributed by atoms with Crippen LogP contribution >= 0.6 is 0 Å². The van der Waals surface area contributed by atoms with Gasteiger partial charge >= 0.3 is 17.8 Å². The molecule has 4 heterocycles. The quantitative estimate of drug-likeness (QED) is 0.323. The number of benzene rings is 1. The molecule has 13 heteroatoms. The van der Waals surface area contributed by atoms with Crippen LogP contribution in [0.3, 0.4) is 0 Å². The highest BCUT2D eigenvalue weighted by molar-refractivity contribution is 6.05. The number of carbonyl (C=O) groups excluding carboxylic acids is 2. The third kappa shape index (κ3) is 6.29. The molecule has 46 heavy (non-hydrogen) atoms. The van der Waals surface area contributed by atoms with Crippen LogP contribution in [0.5, 0.6) is 0 Å². The Labute approximate surface area is 267 Å². The summed E-state index contributed by atoms with van der Waals surface area (Å²) in [5.74, 6) is 5.91. The maximum absolute atomic E-state index is 14.3. The molecule has 1 aromatic carbocycles. The van der Waals surface area contributed by atoms with E-state index in [1.807, 2.05) is 49.9 Å². The van der Waals surface area contributed by atoms with Gasteiger partial charge in [0.25, 0.3) is 5.56 Å². The number of esters is 1. The van der Waals surface area contributed by atoms with Crippen molar-refractivity contribution < 1.29 is 19.1 Å². The number of carbonyl (C=O) groups is 2. The van der Waals surface area contributed by atoms with Crippen LogP contribution in [0.15, 0.2) is 38.8 Å². The molecule has 2 aliphatic heterocycles. The third-order valence-corrected chi connectivity index (χ3v) is 8.23. The van der Waals surface area contributed by atoms with Crippen LogP contribution in [-0.4, -0.2) is 73.8 Å². The Hall–Kier alpha value is -4.86. The molecule has 0 spiro atoms. The Morgan fingerprint density at radius 1 is 1.17 bits per heavy atom. The summed E-state index contributed by atoms with van der Waals surface area (Å²) in [6.45, 7) is 9.92. The van der Waals surface area contributed by atoms with E-state index in [1.165, 1.54) is 11.7 Å². The Bertz CT molecular complexity index is 1900. The lowest BCUT2D eigenvalue weighted by atomic mass is 9.85. The zero-order valence-corrected chi connectivity index (χ0v) is 27.5. The number of hydrogen-bond donors (Lipinski definition) is 1. The van der Waals surface area contributed by atoms with E-state index in [1.54, 1.807) is 25.5 Å². The maximum atomic E-state index is 14.3. The number of nitrogens with one attached hydrogen (secondary N) is 1. The minimum atomic E-state index is -1.21. The van der Waals surface area contributed by atoms with Gasteiger partial charge < -0.3 is 19.7 Å². The first-order valence-corrected chi connectivity index (χ1v) is 15.4. The average molecular weight is 632 g/mol. The summed E-state index contributed by atoms with van der Waals surface area (Å²) in [5, 5.41) is 2.95. The van der Waals surface area contributed by atoms with Crippen molar-refractivity contribution in [2.75, 3.05) is 25.1 Å². The number of ether oxygens (including phenoxy) is 2. The SMILES string of the molecule is CC#CCn1c(N2CCCC(NC(=O)OC(C)(C)C)C2)nc2c1c(=O)n(CC1=NC(C)(C(=O)OC)Cc3ccccc31)c(=O)n2C. The van der Waals surface area contributed by atoms with Crippen molar-refractivity contribution in [2.45, 2.75) is 84.2 Å². The molecule has 1 N–H and O–H groups in total. The van der Waals surface area contributed by atoms with Crippen molar-refractivity contribution >= 4 is 34.9 Å². The number of piperidine rings is 1. The zero-order valence-electron chi connectivity index (χ0n) is 27.5. The van der Waals surface area contributed by atoms with Gasteiger partial charge in [-0.1, -0.05) is 30.2 Å². The number of methoxy groups -OCH3 is 1. The van der Waals surface area contributed by atoms with Gasteiger partial charge in [-0.2, -0.15) is 4.98 Å². The van der Waals surface area contributed by atoms with Gasteiger partial charge in [-0.05, 0) is 53.0 Å². The predicted octanol–water partition coefficient (Wildman–Crippen LogP) is 2.39. The summed E-state index contributed by atoms with van der Waals surface area (Å²) in [6.07, 6.45) is 1.36. The molecule has 1 fully saturated rings. The van der Waals surface area contributed by atoms with Gasteiger partial charge in [0.15, 0.2) is 16.7 Å². The second-order valence-electron chi connectivity index (χ2n) is 12.9. The van der Waals surface area contributed by atoms with Crippen LogP contribution in [-0.2, 0) is 40.8 Å². The van der Waals surface area contributed by atoms with Crippen molar-refractivity contribution in [3.05, 3.63) is 56.2 Å². The highest BCUT2D eigenvalue weighted by atomic mass is 16.6.